The summed E-state index contributed by atoms with van der Waals surface area (Å²) in [5.41, 5.74) is 4.60. The highest BCUT2D eigenvalue weighted by Gasteiger charge is 2.26. The Kier molecular flexibility index (Phi) is 6.26. The van der Waals surface area contributed by atoms with Crippen LogP contribution in [0.2, 0.25) is 0 Å². The maximum Gasteiger partial charge on any atom is 0.266 e. The molecule has 1 aromatic heterocycles. The van der Waals surface area contributed by atoms with Crippen molar-refractivity contribution in [1.82, 2.24) is 14.5 Å². The van der Waals surface area contributed by atoms with Crippen molar-refractivity contribution in [1.29, 1.82) is 0 Å². The van der Waals surface area contributed by atoms with E-state index in [0.29, 0.717) is 35.4 Å². The minimum absolute atomic E-state index is 0.119. The minimum atomic E-state index is -0.159. The van der Waals surface area contributed by atoms with Gasteiger partial charge in [0.1, 0.15) is 0 Å². The molecule has 1 atom stereocenters. The Hall–Kier alpha value is -3.71. The van der Waals surface area contributed by atoms with E-state index in [1.165, 1.54) is 15.8 Å². The Morgan fingerprint density at radius 2 is 1.66 bits per heavy atom. The van der Waals surface area contributed by atoms with Gasteiger partial charge in [-0.05, 0) is 68.0 Å². The molecule has 178 valence electrons. The van der Waals surface area contributed by atoms with Gasteiger partial charge in [0.2, 0.25) is 5.91 Å². The Balaban J connectivity index is 1.28. The van der Waals surface area contributed by atoms with E-state index in [2.05, 4.69) is 48.0 Å². The number of carbonyl (C=O) groups is 1. The van der Waals surface area contributed by atoms with E-state index < -0.39 is 0 Å². The first-order valence-corrected chi connectivity index (χ1v) is 12.3. The van der Waals surface area contributed by atoms with Gasteiger partial charge in [-0.1, -0.05) is 42.0 Å². The van der Waals surface area contributed by atoms with E-state index in [9.17, 15) is 9.59 Å². The highest BCUT2D eigenvalue weighted by molar-refractivity contribution is 7.71. The van der Waals surface area contributed by atoms with Crippen molar-refractivity contribution in [2.24, 2.45) is 0 Å². The van der Waals surface area contributed by atoms with Gasteiger partial charge in [0, 0.05) is 31.4 Å². The molecule has 5 rings (SSSR count). The summed E-state index contributed by atoms with van der Waals surface area (Å²) in [5, 5.41) is 0.583. The summed E-state index contributed by atoms with van der Waals surface area (Å²) in [6.07, 6.45) is 0.330. The van der Waals surface area contributed by atoms with Crippen molar-refractivity contribution in [2.75, 3.05) is 24.5 Å². The number of piperazine rings is 1. The lowest BCUT2D eigenvalue weighted by atomic mass is 10.1. The summed E-state index contributed by atoms with van der Waals surface area (Å²) >= 11 is 5.44. The number of anilines is 1. The minimum Gasteiger partial charge on any atom is -0.365 e. The number of H-pyrrole nitrogens is 1. The third-order valence-corrected chi connectivity index (χ3v) is 6.99. The van der Waals surface area contributed by atoms with Crippen molar-refractivity contribution in [3.63, 3.8) is 0 Å². The van der Waals surface area contributed by atoms with Crippen LogP contribution in [0.5, 0.6) is 0 Å². The highest BCUT2D eigenvalue weighted by atomic mass is 32.1. The molecule has 2 heterocycles. The number of fused-ring (bicyclic) bond motifs is 1. The molecular formula is C28H28N4O2S. The molecule has 35 heavy (non-hydrogen) atoms. The second-order valence-corrected chi connectivity index (χ2v) is 9.56. The van der Waals surface area contributed by atoms with Gasteiger partial charge in [-0.15, -0.1) is 0 Å². The number of nitrogens with zero attached hydrogens (tertiary/aromatic N) is 3. The van der Waals surface area contributed by atoms with Crippen molar-refractivity contribution in [3.8, 4) is 5.69 Å². The van der Waals surface area contributed by atoms with Crippen LogP contribution in [0.25, 0.3) is 16.6 Å². The lowest BCUT2D eigenvalue weighted by Crippen LogP contribution is -2.54. The molecule has 1 aliphatic rings. The van der Waals surface area contributed by atoms with Crippen molar-refractivity contribution >= 4 is 34.7 Å². The normalized spacial score (nSPS) is 16.0. The molecule has 4 aromatic rings. The molecule has 1 N–H and O–H groups in total. The quantitative estimate of drug-likeness (QED) is 0.429. The fourth-order valence-electron chi connectivity index (χ4n) is 4.75. The smallest absolute Gasteiger partial charge is 0.266 e. The van der Waals surface area contributed by atoms with Gasteiger partial charge >= 0.3 is 0 Å². The molecule has 1 amide bonds. The molecule has 0 bridgehead atoms. The number of aromatic amines is 1. The van der Waals surface area contributed by atoms with E-state index in [0.717, 1.165) is 17.6 Å². The average Bonchev–Trinajstić information content (AvgIpc) is 2.85. The second kappa shape index (κ2) is 9.50. The number of nitrogens with one attached hydrogen (secondary N) is 1. The Morgan fingerprint density at radius 1 is 0.971 bits per heavy atom. The molecule has 1 saturated heterocycles. The Morgan fingerprint density at radius 3 is 2.37 bits per heavy atom. The average molecular weight is 485 g/mol. The zero-order valence-corrected chi connectivity index (χ0v) is 20.7. The third kappa shape index (κ3) is 4.64. The predicted octanol–water partition coefficient (Wildman–Crippen LogP) is 4.64. The number of hydrogen-bond donors (Lipinski definition) is 1. The largest absolute Gasteiger partial charge is 0.365 e. The standard InChI is InChI=1S/C28H28N4O2S/c1-19-7-11-22(12-8-19)31-16-15-30(18-20(31)2)26(33)17-21-9-13-23(14-10-21)32-27(34)24-5-3-4-6-25(24)29-28(32)35/h3-14,20H,15-18H2,1-2H3,(H,29,35)/t20-/m1/s1. The van der Waals surface area contributed by atoms with Crippen LogP contribution < -0.4 is 10.5 Å². The summed E-state index contributed by atoms with van der Waals surface area (Å²) in [7, 11) is 0. The molecule has 0 spiro atoms. The summed E-state index contributed by atoms with van der Waals surface area (Å²) < 4.78 is 1.84. The van der Waals surface area contributed by atoms with Gasteiger partial charge in [0.05, 0.1) is 23.0 Å². The van der Waals surface area contributed by atoms with Crippen LogP contribution in [-0.4, -0.2) is 46.0 Å². The molecule has 3 aromatic carbocycles. The van der Waals surface area contributed by atoms with Gasteiger partial charge in [-0.2, -0.15) is 0 Å². The van der Waals surface area contributed by atoms with Crippen molar-refractivity contribution < 1.29 is 4.79 Å². The summed E-state index contributed by atoms with van der Waals surface area (Å²) in [6, 6.07) is 23.6. The molecule has 6 nitrogen and oxygen atoms in total. The van der Waals surface area contributed by atoms with Crippen LogP contribution in [0.4, 0.5) is 5.69 Å². The van der Waals surface area contributed by atoms with Crippen LogP contribution in [0.3, 0.4) is 0 Å². The zero-order valence-electron chi connectivity index (χ0n) is 19.9. The van der Waals surface area contributed by atoms with Gasteiger partial charge in [0.15, 0.2) is 4.77 Å². The summed E-state index contributed by atoms with van der Waals surface area (Å²) in [6.45, 7) is 6.48. The number of carbonyl (C=O) groups excluding carboxylic acids is 1. The van der Waals surface area contributed by atoms with Crippen molar-refractivity contribution in [3.05, 3.63) is 99.0 Å². The van der Waals surface area contributed by atoms with E-state index in [1.807, 2.05) is 47.4 Å². The number of hydrogen-bond acceptors (Lipinski definition) is 4. The molecule has 1 fully saturated rings. The van der Waals surface area contributed by atoms with Crippen LogP contribution in [0.1, 0.15) is 18.1 Å². The van der Waals surface area contributed by atoms with Gasteiger partial charge in [-0.25, -0.2) is 0 Å². The monoisotopic (exact) mass is 484 g/mol. The maximum absolute atomic E-state index is 13.0. The van der Waals surface area contributed by atoms with Crippen LogP contribution >= 0.6 is 12.2 Å². The van der Waals surface area contributed by atoms with E-state index in [1.54, 1.807) is 6.07 Å². The van der Waals surface area contributed by atoms with Gasteiger partial charge in [0.25, 0.3) is 5.56 Å². The van der Waals surface area contributed by atoms with Crippen LogP contribution in [0.15, 0.2) is 77.6 Å². The first-order chi connectivity index (χ1) is 16.9. The number of para-hydroxylation sites is 1. The second-order valence-electron chi connectivity index (χ2n) is 9.18. The van der Waals surface area contributed by atoms with E-state index >= 15 is 0 Å². The fraction of sp³-hybridized carbons (Fsp3) is 0.250. The lowest BCUT2D eigenvalue weighted by molar-refractivity contribution is -0.131. The maximum atomic E-state index is 13.0. The first-order valence-electron chi connectivity index (χ1n) is 11.9. The first kappa shape index (κ1) is 23.1. The number of amides is 1. The Labute approximate surface area is 209 Å². The highest BCUT2D eigenvalue weighted by Crippen LogP contribution is 2.22. The number of rotatable bonds is 4. The molecule has 0 saturated carbocycles. The molecule has 1 aliphatic heterocycles. The third-order valence-electron chi connectivity index (χ3n) is 6.70. The molecule has 7 heteroatoms. The summed E-state index contributed by atoms with van der Waals surface area (Å²) in [5.74, 6) is 0.119. The SMILES string of the molecule is Cc1ccc(N2CCN(C(=O)Cc3ccc(-n4c(=S)[nH]c5ccccc5c4=O)cc3)C[C@H]2C)cc1. The van der Waals surface area contributed by atoms with Crippen molar-refractivity contribution in [2.45, 2.75) is 26.3 Å². The number of aryl methyl sites for hydroxylation is 1. The number of aromatic nitrogens is 2. The summed E-state index contributed by atoms with van der Waals surface area (Å²) in [4.78, 5) is 33.5. The molecule has 0 aliphatic carbocycles. The molecule has 0 unspecified atom stereocenters. The van der Waals surface area contributed by atoms with Crippen LogP contribution in [-0.2, 0) is 11.2 Å². The topological polar surface area (TPSA) is 61.3 Å². The van der Waals surface area contributed by atoms with E-state index in [4.69, 9.17) is 12.2 Å². The van der Waals surface area contributed by atoms with E-state index in [-0.39, 0.29) is 17.5 Å². The Bertz CT molecular complexity index is 1490. The predicted molar refractivity (Wildman–Crippen MR) is 143 cm³/mol. The molecular weight excluding hydrogens is 456 g/mol. The number of benzene rings is 3. The van der Waals surface area contributed by atoms with Gasteiger partial charge < -0.3 is 14.8 Å². The zero-order chi connectivity index (χ0) is 24.5. The van der Waals surface area contributed by atoms with Gasteiger partial charge in [-0.3, -0.25) is 14.2 Å². The van der Waals surface area contributed by atoms with Crippen LogP contribution in [0, 0.1) is 11.7 Å². The molecule has 0 radical (unpaired) electrons. The lowest BCUT2D eigenvalue weighted by Gasteiger charge is -2.41. The fourth-order valence-corrected chi connectivity index (χ4v) is 5.05.